The molecule has 0 aliphatic carbocycles. The summed E-state index contributed by atoms with van der Waals surface area (Å²) in [4.78, 5) is 17.2. The first-order chi connectivity index (χ1) is 15.1. The number of fused-ring (bicyclic) bond motifs is 1. The molecule has 1 saturated heterocycles. The largest absolute Gasteiger partial charge is 0.497 e. The minimum Gasteiger partial charge on any atom is -0.497 e. The summed E-state index contributed by atoms with van der Waals surface area (Å²) >= 11 is 0. The first-order valence-corrected chi connectivity index (χ1v) is 11.2. The van der Waals surface area contributed by atoms with Crippen molar-refractivity contribution in [3.63, 3.8) is 0 Å². The van der Waals surface area contributed by atoms with Crippen LogP contribution in [0.5, 0.6) is 5.75 Å². The summed E-state index contributed by atoms with van der Waals surface area (Å²) in [6, 6.07) is 12.6. The lowest BCUT2D eigenvalue weighted by Gasteiger charge is -2.34. The van der Waals surface area contributed by atoms with E-state index in [9.17, 15) is 4.79 Å². The number of rotatable bonds is 7. The van der Waals surface area contributed by atoms with Crippen molar-refractivity contribution in [3.05, 3.63) is 48.2 Å². The third kappa shape index (κ3) is 4.59. The van der Waals surface area contributed by atoms with Crippen LogP contribution in [-0.2, 0) is 11.3 Å². The predicted octanol–water partition coefficient (Wildman–Crippen LogP) is 4.32. The van der Waals surface area contributed by atoms with Gasteiger partial charge in [0.05, 0.1) is 24.9 Å². The highest BCUT2D eigenvalue weighted by Crippen LogP contribution is 2.29. The standard InChI is InChI=1S/C25H32N4O2/c1-4-29(5-2)25(30)21-7-6-12-28(16-21)17-22-15-26-27-24(22)20-9-8-19-14-23(31-3)11-10-18(19)13-20/h8-11,13-15,21H,4-7,12,16-17H2,1-3H3,(H,26,27). The van der Waals surface area contributed by atoms with Crippen LogP contribution in [0.4, 0.5) is 0 Å². The molecule has 1 unspecified atom stereocenters. The van der Waals surface area contributed by atoms with Crippen LogP contribution in [0.1, 0.15) is 32.3 Å². The van der Waals surface area contributed by atoms with Gasteiger partial charge in [-0.15, -0.1) is 0 Å². The second-order valence-corrected chi connectivity index (χ2v) is 8.28. The van der Waals surface area contributed by atoms with Crippen LogP contribution >= 0.6 is 0 Å². The van der Waals surface area contributed by atoms with E-state index in [1.807, 2.05) is 23.2 Å². The van der Waals surface area contributed by atoms with Crippen LogP contribution in [0.3, 0.4) is 0 Å². The lowest BCUT2D eigenvalue weighted by Crippen LogP contribution is -2.44. The van der Waals surface area contributed by atoms with E-state index in [-0.39, 0.29) is 5.92 Å². The van der Waals surface area contributed by atoms with Gasteiger partial charge in [-0.2, -0.15) is 5.10 Å². The molecule has 1 fully saturated rings. The van der Waals surface area contributed by atoms with E-state index in [1.165, 1.54) is 10.9 Å². The summed E-state index contributed by atoms with van der Waals surface area (Å²) in [7, 11) is 1.69. The Balaban J connectivity index is 1.51. The predicted molar refractivity (Wildman–Crippen MR) is 124 cm³/mol. The highest BCUT2D eigenvalue weighted by molar-refractivity contribution is 5.88. The normalized spacial score (nSPS) is 17.1. The molecule has 6 nitrogen and oxygen atoms in total. The highest BCUT2D eigenvalue weighted by atomic mass is 16.5. The van der Waals surface area contributed by atoms with Crippen LogP contribution in [0.25, 0.3) is 22.0 Å². The fourth-order valence-electron chi connectivity index (χ4n) is 4.62. The van der Waals surface area contributed by atoms with Gasteiger partial charge in [0.1, 0.15) is 5.75 Å². The number of hydrogen-bond acceptors (Lipinski definition) is 4. The van der Waals surface area contributed by atoms with E-state index in [4.69, 9.17) is 4.74 Å². The van der Waals surface area contributed by atoms with Gasteiger partial charge in [0.15, 0.2) is 0 Å². The number of amides is 1. The molecule has 1 atom stereocenters. The number of aromatic nitrogens is 2. The quantitative estimate of drug-likeness (QED) is 0.618. The van der Waals surface area contributed by atoms with Crippen LogP contribution in [0.15, 0.2) is 42.6 Å². The average molecular weight is 421 g/mol. The molecule has 0 spiro atoms. The number of benzene rings is 2. The highest BCUT2D eigenvalue weighted by Gasteiger charge is 2.28. The monoisotopic (exact) mass is 420 g/mol. The molecule has 2 heterocycles. The molecule has 1 amide bonds. The molecule has 3 aromatic rings. The SMILES string of the molecule is CCN(CC)C(=O)C1CCCN(Cc2cn[nH]c2-c2ccc3cc(OC)ccc3c2)C1. The summed E-state index contributed by atoms with van der Waals surface area (Å²) in [5.74, 6) is 1.26. The minimum atomic E-state index is 0.0969. The molecule has 1 N–H and O–H groups in total. The summed E-state index contributed by atoms with van der Waals surface area (Å²) in [6.07, 6.45) is 3.96. The number of nitrogens with zero attached hydrogens (tertiary/aromatic N) is 3. The molecule has 31 heavy (non-hydrogen) atoms. The third-order valence-corrected chi connectivity index (χ3v) is 6.38. The average Bonchev–Trinajstić information content (AvgIpc) is 3.27. The molecular formula is C25H32N4O2. The van der Waals surface area contributed by atoms with Crippen molar-refractivity contribution < 1.29 is 9.53 Å². The molecule has 1 aliphatic heterocycles. The molecule has 2 aromatic carbocycles. The molecule has 0 radical (unpaired) electrons. The van der Waals surface area contributed by atoms with Crippen molar-refractivity contribution in [2.24, 2.45) is 5.92 Å². The van der Waals surface area contributed by atoms with Crippen molar-refractivity contribution in [2.75, 3.05) is 33.3 Å². The maximum atomic E-state index is 12.8. The Morgan fingerprint density at radius 1 is 1.19 bits per heavy atom. The molecule has 0 bridgehead atoms. The van der Waals surface area contributed by atoms with Crippen molar-refractivity contribution >= 4 is 16.7 Å². The van der Waals surface area contributed by atoms with E-state index < -0.39 is 0 Å². The summed E-state index contributed by atoms with van der Waals surface area (Å²) < 4.78 is 5.33. The number of nitrogens with one attached hydrogen (secondary N) is 1. The summed E-state index contributed by atoms with van der Waals surface area (Å²) in [6.45, 7) is 8.31. The molecule has 0 saturated carbocycles. The second kappa shape index (κ2) is 9.52. The number of carbonyl (C=O) groups is 1. The van der Waals surface area contributed by atoms with Gasteiger partial charge in [0, 0.05) is 37.3 Å². The third-order valence-electron chi connectivity index (χ3n) is 6.38. The number of piperidine rings is 1. The van der Waals surface area contributed by atoms with Crippen LogP contribution < -0.4 is 4.74 Å². The first kappa shape index (κ1) is 21.4. The smallest absolute Gasteiger partial charge is 0.226 e. The van der Waals surface area contributed by atoms with Gasteiger partial charge in [0.25, 0.3) is 0 Å². The fourth-order valence-corrected chi connectivity index (χ4v) is 4.62. The number of likely N-dealkylation sites (tertiary alicyclic amines) is 1. The van der Waals surface area contributed by atoms with Crippen LogP contribution in [0.2, 0.25) is 0 Å². The Hall–Kier alpha value is -2.86. The van der Waals surface area contributed by atoms with Crippen molar-refractivity contribution in [1.29, 1.82) is 0 Å². The maximum absolute atomic E-state index is 12.8. The Morgan fingerprint density at radius 2 is 1.97 bits per heavy atom. The van der Waals surface area contributed by atoms with E-state index in [0.29, 0.717) is 5.91 Å². The number of H-pyrrole nitrogens is 1. The van der Waals surface area contributed by atoms with Gasteiger partial charge < -0.3 is 9.64 Å². The van der Waals surface area contributed by atoms with Gasteiger partial charge in [-0.1, -0.05) is 18.2 Å². The van der Waals surface area contributed by atoms with Crippen molar-refractivity contribution in [3.8, 4) is 17.0 Å². The Kier molecular flexibility index (Phi) is 6.56. The van der Waals surface area contributed by atoms with E-state index in [0.717, 1.165) is 68.0 Å². The van der Waals surface area contributed by atoms with Gasteiger partial charge in [-0.3, -0.25) is 14.8 Å². The fraction of sp³-hybridized carbons (Fsp3) is 0.440. The zero-order chi connectivity index (χ0) is 21.8. The van der Waals surface area contributed by atoms with Crippen LogP contribution in [0, 0.1) is 5.92 Å². The number of hydrogen-bond donors (Lipinski definition) is 1. The van der Waals surface area contributed by atoms with E-state index in [1.54, 1.807) is 7.11 Å². The Labute approximate surface area is 184 Å². The molecule has 6 heteroatoms. The van der Waals surface area contributed by atoms with Crippen LogP contribution in [-0.4, -0.2) is 59.2 Å². The van der Waals surface area contributed by atoms with E-state index >= 15 is 0 Å². The topological polar surface area (TPSA) is 61.5 Å². The molecule has 164 valence electrons. The van der Waals surface area contributed by atoms with Gasteiger partial charge >= 0.3 is 0 Å². The van der Waals surface area contributed by atoms with Gasteiger partial charge in [-0.05, 0) is 62.2 Å². The minimum absolute atomic E-state index is 0.0969. The Bertz CT molecular complexity index is 1040. The van der Waals surface area contributed by atoms with Gasteiger partial charge in [-0.25, -0.2) is 0 Å². The summed E-state index contributed by atoms with van der Waals surface area (Å²) in [5, 5.41) is 9.85. The first-order valence-electron chi connectivity index (χ1n) is 11.2. The van der Waals surface area contributed by atoms with Crippen molar-refractivity contribution in [2.45, 2.75) is 33.2 Å². The lowest BCUT2D eigenvalue weighted by atomic mass is 9.95. The number of ether oxygens (including phenoxy) is 1. The lowest BCUT2D eigenvalue weighted by molar-refractivity contribution is -0.137. The zero-order valence-corrected chi connectivity index (χ0v) is 18.7. The number of aromatic amines is 1. The van der Waals surface area contributed by atoms with Gasteiger partial charge in [0.2, 0.25) is 5.91 Å². The molecule has 4 rings (SSSR count). The molecule has 1 aliphatic rings. The molecular weight excluding hydrogens is 388 g/mol. The summed E-state index contributed by atoms with van der Waals surface area (Å²) in [5.41, 5.74) is 3.34. The van der Waals surface area contributed by atoms with Crippen molar-refractivity contribution in [1.82, 2.24) is 20.0 Å². The zero-order valence-electron chi connectivity index (χ0n) is 18.7. The van der Waals surface area contributed by atoms with E-state index in [2.05, 4.69) is 53.2 Å². The number of carbonyl (C=O) groups excluding carboxylic acids is 1. The maximum Gasteiger partial charge on any atom is 0.226 e. The second-order valence-electron chi connectivity index (χ2n) is 8.28. The molecule has 1 aromatic heterocycles. The number of methoxy groups -OCH3 is 1. The Morgan fingerprint density at radius 3 is 2.74 bits per heavy atom.